The molecule has 1 N–H and O–H groups in total. The van der Waals surface area contributed by atoms with Crippen LogP contribution in [0.4, 0.5) is 0 Å². The summed E-state index contributed by atoms with van der Waals surface area (Å²) >= 11 is 1.39. The van der Waals surface area contributed by atoms with Crippen LogP contribution in [-0.4, -0.2) is 40.2 Å². The Morgan fingerprint density at radius 1 is 1.14 bits per heavy atom. The topological polar surface area (TPSA) is 101 Å². The van der Waals surface area contributed by atoms with Crippen molar-refractivity contribution in [2.24, 2.45) is 0 Å². The molecule has 3 amide bonds. The number of carbonyl (C=O) groups is 5. The minimum atomic E-state index is -0.660. The molecule has 29 heavy (non-hydrogen) atoms. The number of nitrogens with zero attached hydrogens (tertiary/aromatic N) is 1. The highest BCUT2D eigenvalue weighted by molar-refractivity contribution is 7.10. The van der Waals surface area contributed by atoms with Crippen molar-refractivity contribution in [3.63, 3.8) is 0 Å². The summed E-state index contributed by atoms with van der Waals surface area (Å²) in [5.41, 5.74) is 1.72. The van der Waals surface area contributed by atoms with Gasteiger partial charge in [0.05, 0.1) is 5.56 Å². The Labute approximate surface area is 170 Å². The van der Waals surface area contributed by atoms with Crippen LogP contribution in [0.15, 0.2) is 35.7 Å². The number of amides is 3. The molecule has 1 atom stereocenters. The fraction of sp³-hybridized carbons (Fsp3) is 0.286. The van der Waals surface area contributed by atoms with Gasteiger partial charge in [0, 0.05) is 35.2 Å². The Balaban J connectivity index is 1.43. The Hall–Kier alpha value is -3.13. The third kappa shape index (κ3) is 3.63. The van der Waals surface area contributed by atoms with E-state index in [1.165, 1.54) is 16.2 Å². The van der Waals surface area contributed by atoms with Crippen LogP contribution in [-0.2, 0) is 27.3 Å². The van der Waals surface area contributed by atoms with Crippen LogP contribution in [0.3, 0.4) is 0 Å². The quantitative estimate of drug-likeness (QED) is 0.445. The molecule has 1 unspecified atom stereocenters. The van der Waals surface area contributed by atoms with Crippen molar-refractivity contribution >= 4 is 40.6 Å². The molecule has 2 aromatic rings. The first-order chi connectivity index (χ1) is 14.0. The average molecular weight is 410 g/mol. The summed E-state index contributed by atoms with van der Waals surface area (Å²) in [6.07, 6.45) is 0.945. The Morgan fingerprint density at radius 3 is 2.62 bits per heavy atom. The maximum Gasteiger partial charge on any atom is 0.256 e. The van der Waals surface area contributed by atoms with Crippen molar-refractivity contribution in [1.82, 2.24) is 10.2 Å². The molecule has 2 aliphatic rings. The number of piperidine rings is 1. The van der Waals surface area contributed by atoms with Crippen molar-refractivity contribution < 1.29 is 24.0 Å². The van der Waals surface area contributed by atoms with Crippen molar-refractivity contribution in [3.05, 3.63) is 57.3 Å². The second-order valence-electron chi connectivity index (χ2n) is 7.07. The van der Waals surface area contributed by atoms with Crippen molar-refractivity contribution in [2.75, 3.05) is 0 Å². The number of aryl methyl sites for hydroxylation is 1. The lowest BCUT2D eigenvalue weighted by Gasteiger charge is -2.29. The van der Waals surface area contributed by atoms with Gasteiger partial charge in [-0.25, -0.2) is 0 Å². The molecule has 4 rings (SSSR count). The molecular formula is C21H18N2O5S. The predicted molar refractivity (Wildman–Crippen MR) is 104 cm³/mol. The van der Waals surface area contributed by atoms with Crippen LogP contribution >= 0.6 is 11.3 Å². The van der Waals surface area contributed by atoms with Gasteiger partial charge in [-0.3, -0.25) is 29.3 Å². The first-order valence-corrected chi connectivity index (χ1v) is 10.2. The van der Waals surface area contributed by atoms with Crippen molar-refractivity contribution in [1.29, 1.82) is 0 Å². The molecule has 0 saturated carbocycles. The molecule has 1 aromatic heterocycles. The molecule has 0 bridgehead atoms. The number of hydrogen-bond donors (Lipinski definition) is 1. The van der Waals surface area contributed by atoms with E-state index in [0.717, 1.165) is 10.4 Å². The molecule has 1 saturated heterocycles. The van der Waals surface area contributed by atoms with E-state index >= 15 is 0 Å². The minimum absolute atomic E-state index is 0.0628. The summed E-state index contributed by atoms with van der Waals surface area (Å²) < 4.78 is 0. The van der Waals surface area contributed by atoms with E-state index in [4.69, 9.17) is 0 Å². The molecule has 148 valence electrons. The number of rotatable bonds is 6. The van der Waals surface area contributed by atoms with Gasteiger partial charge in [-0.2, -0.15) is 0 Å². The largest absolute Gasteiger partial charge is 0.322 e. The highest BCUT2D eigenvalue weighted by Gasteiger charge is 2.40. The number of carbonyl (C=O) groups excluding carboxylic acids is 5. The van der Waals surface area contributed by atoms with Crippen LogP contribution < -0.4 is 5.32 Å². The molecule has 2 aliphatic heterocycles. The van der Waals surface area contributed by atoms with Crippen LogP contribution in [0.5, 0.6) is 0 Å². The fourth-order valence-corrected chi connectivity index (χ4v) is 4.74. The summed E-state index contributed by atoms with van der Waals surface area (Å²) in [5, 5.41) is 4.02. The van der Waals surface area contributed by atoms with Gasteiger partial charge in [-0.15, -0.1) is 11.3 Å². The van der Waals surface area contributed by atoms with Crippen molar-refractivity contribution in [3.8, 4) is 0 Å². The highest BCUT2D eigenvalue weighted by Crippen LogP contribution is 2.34. The van der Waals surface area contributed by atoms with Gasteiger partial charge in [0.25, 0.3) is 5.91 Å². The zero-order chi connectivity index (χ0) is 20.5. The smallest absolute Gasteiger partial charge is 0.256 e. The lowest BCUT2D eigenvalue weighted by molar-refractivity contribution is -0.136. The summed E-state index contributed by atoms with van der Waals surface area (Å²) in [7, 11) is 0. The number of Topliss-reactive ketones (excluding diaryl/α,β-unsaturated/α-hetero) is 2. The van der Waals surface area contributed by atoms with Gasteiger partial charge in [0.1, 0.15) is 6.04 Å². The second-order valence-corrected chi connectivity index (χ2v) is 8.03. The molecule has 0 aliphatic carbocycles. The summed E-state index contributed by atoms with van der Waals surface area (Å²) in [6, 6.07) is 7.76. The van der Waals surface area contributed by atoms with Crippen LogP contribution in [0.25, 0.3) is 0 Å². The molecule has 1 aromatic carbocycles. The number of benzene rings is 1. The highest BCUT2D eigenvalue weighted by atomic mass is 32.1. The first-order valence-electron chi connectivity index (χ1n) is 9.32. The summed E-state index contributed by atoms with van der Waals surface area (Å²) in [6.45, 7) is 0.278. The standard InChI is InChI=1S/C21H18N2O5S/c24-16(19(26)12-4-2-1-3-5-12)7-8-17-13-10-23(21(28)14(13)11-29-17)15-6-9-18(25)22-20(15)27/h1-5,11,15H,6-10H2,(H,22,25,27). The zero-order valence-electron chi connectivity index (χ0n) is 15.5. The van der Waals surface area contributed by atoms with Gasteiger partial charge < -0.3 is 4.90 Å². The van der Waals surface area contributed by atoms with Gasteiger partial charge in [0.15, 0.2) is 0 Å². The molecule has 7 nitrogen and oxygen atoms in total. The normalized spacial score (nSPS) is 18.6. The van der Waals surface area contributed by atoms with Gasteiger partial charge in [0.2, 0.25) is 23.4 Å². The van der Waals surface area contributed by atoms with Gasteiger partial charge >= 0.3 is 0 Å². The predicted octanol–water partition coefficient (Wildman–Crippen LogP) is 1.89. The second kappa shape index (κ2) is 7.71. The lowest BCUT2D eigenvalue weighted by atomic mass is 10.0. The number of hydrogen-bond acceptors (Lipinski definition) is 6. The molecule has 0 radical (unpaired) electrons. The maximum atomic E-state index is 12.7. The van der Waals surface area contributed by atoms with Crippen LogP contribution in [0, 0.1) is 0 Å². The van der Waals surface area contributed by atoms with Crippen molar-refractivity contribution in [2.45, 2.75) is 38.3 Å². The third-order valence-corrected chi connectivity index (χ3v) is 6.34. The monoisotopic (exact) mass is 410 g/mol. The van der Waals surface area contributed by atoms with E-state index in [0.29, 0.717) is 24.0 Å². The number of nitrogens with one attached hydrogen (secondary N) is 1. The first kappa shape index (κ1) is 19.2. The van der Waals surface area contributed by atoms with E-state index in [9.17, 15) is 24.0 Å². The van der Waals surface area contributed by atoms with E-state index in [1.807, 2.05) is 0 Å². The van der Waals surface area contributed by atoms with E-state index < -0.39 is 23.5 Å². The van der Waals surface area contributed by atoms with Gasteiger partial charge in [-0.05, 0) is 18.4 Å². The van der Waals surface area contributed by atoms with E-state index in [1.54, 1.807) is 35.7 Å². The Bertz CT molecular complexity index is 1030. The molecule has 8 heteroatoms. The van der Waals surface area contributed by atoms with E-state index in [-0.39, 0.29) is 31.2 Å². The number of fused-ring (bicyclic) bond motifs is 1. The number of imide groups is 1. The summed E-state index contributed by atoms with van der Waals surface area (Å²) in [5.74, 6) is -1.99. The SMILES string of the molecule is O=C1CCC(N2Cc3c(csc3CCC(=O)C(=O)c3ccccc3)C2=O)C(=O)N1. The van der Waals surface area contributed by atoms with E-state index in [2.05, 4.69) is 5.32 Å². The number of ketones is 2. The number of thiophene rings is 1. The average Bonchev–Trinajstić information content (AvgIpc) is 3.26. The molecular weight excluding hydrogens is 392 g/mol. The minimum Gasteiger partial charge on any atom is -0.322 e. The third-order valence-electron chi connectivity index (χ3n) is 5.26. The zero-order valence-corrected chi connectivity index (χ0v) is 16.3. The van der Waals surface area contributed by atoms with Gasteiger partial charge in [-0.1, -0.05) is 30.3 Å². The van der Waals surface area contributed by atoms with Crippen LogP contribution in [0.2, 0.25) is 0 Å². The van der Waals surface area contributed by atoms with Crippen LogP contribution in [0.1, 0.15) is 50.4 Å². The molecule has 1 fully saturated rings. The Morgan fingerprint density at radius 2 is 1.90 bits per heavy atom. The fourth-order valence-electron chi connectivity index (χ4n) is 3.70. The maximum absolute atomic E-state index is 12.7. The molecule has 0 spiro atoms. The lowest BCUT2D eigenvalue weighted by Crippen LogP contribution is -2.52. The Kier molecular flexibility index (Phi) is 5.10. The molecule has 3 heterocycles. The summed E-state index contributed by atoms with van der Waals surface area (Å²) in [4.78, 5) is 63.1.